The van der Waals surface area contributed by atoms with Crippen LogP contribution in [0.25, 0.3) is 0 Å². The Morgan fingerprint density at radius 1 is 1.32 bits per heavy atom. The maximum Gasteiger partial charge on any atom is 0.315 e. The van der Waals surface area contributed by atoms with E-state index in [1.165, 1.54) is 0 Å². The molecule has 7 heteroatoms. The van der Waals surface area contributed by atoms with Gasteiger partial charge in [-0.2, -0.15) is 4.98 Å². The largest absolute Gasteiger partial charge is 0.396 e. The molecule has 3 N–H and O–H groups in total. The molecule has 22 heavy (non-hydrogen) atoms. The van der Waals surface area contributed by atoms with Crippen LogP contribution in [0.15, 0.2) is 4.52 Å². The average Bonchev–Trinajstić information content (AvgIpc) is 2.95. The highest BCUT2D eigenvalue weighted by molar-refractivity contribution is 5.74. The predicted octanol–water partition coefficient (Wildman–Crippen LogP) is 1.72. The minimum absolute atomic E-state index is 0.179. The molecule has 0 saturated heterocycles. The molecule has 0 radical (unpaired) electrons. The fourth-order valence-electron chi connectivity index (χ4n) is 2.52. The molecule has 124 valence electrons. The van der Waals surface area contributed by atoms with Gasteiger partial charge >= 0.3 is 6.03 Å². The summed E-state index contributed by atoms with van der Waals surface area (Å²) in [6, 6.07) is -0.0345. The number of aliphatic hydroxyl groups is 1. The lowest BCUT2D eigenvalue weighted by Gasteiger charge is -2.27. The number of hydrogen-bond donors (Lipinski definition) is 3. The van der Waals surface area contributed by atoms with Crippen LogP contribution in [0.3, 0.4) is 0 Å². The minimum atomic E-state index is -0.213. The molecule has 1 heterocycles. The fourth-order valence-corrected chi connectivity index (χ4v) is 2.52. The van der Waals surface area contributed by atoms with Crippen LogP contribution in [-0.4, -0.2) is 33.9 Å². The van der Waals surface area contributed by atoms with Crippen LogP contribution in [0.4, 0.5) is 4.79 Å². The molecule has 7 nitrogen and oxygen atoms in total. The van der Waals surface area contributed by atoms with E-state index in [0.29, 0.717) is 17.6 Å². The number of aliphatic hydroxyl groups excluding tert-OH is 1. The predicted molar refractivity (Wildman–Crippen MR) is 81.2 cm³/mol. The summed E-state index contributed by atoms with van der Waals surface area (Å²) in [6.45, 7) is 6.47. The highest BCUT2D eigenvalue weighted by Crippen LogP contribution is 2.23. The van der Waals surface area contributed by atoms with Crippen molar-refractivity contribution in [2.45, 2.75) is 64.5 Å². The van der Waals surface area contributed by atoms with Crippen LogP contribution < -0.4 is 10.6 Å². The van der Waals surface area contributed by atoms with Crippen molar-refractivity contribution in [1.82, 2.24) is 20.8 Å². The Bertz CT molecular complexity index is 487. The van der Waals surface area contributed by atoms with Gasteiger partial charge in [0.05, 0.1) is 6.54 Å². The molecular weight excluding hydrogens is 284 g/mol. The first-order valence-corrected chi connectivity index (χ1v) is 7.86. The van der Waals surface area contributed by atoms with Crippen molar-refractivity contribution in [3.63, 3.8) is 0 Å². The first-order chi connectivity index (χ1) is 10.4. The molecule has 1 aliphatic rings. The van der Waals surface area contributed by atoms with Crippen LogP contribution in [0.5, 0.6) is 0 Å². The summed E-state index contributed by atoms with van der Waals surface area (Å²) in [4.78, 5) is 16.2. The summed E-state index contributed by atoms with van der Waals surface area (Å²) in [5.74, 6) is 1.42. The molecule has 2 amide bonds. The number of nitrogens with zero attached hydrogens (tertiary/aromatic N) is 2. The molecule has 0 unspecified atom stereocenters. The van der Waals surface area contributed by atoms with Gasteiger partial charge < -0.3 is 20.3 Å². The van der Waals surface area contributed by atoms with E-state index in [2.05, 4.69) is 20.8 Å². The lowest BCUT2D eigenvalue weighted by Crippen LogP contribution is -2.43. The Morgan fingerprint density at radius 2 is 2.00 bits per heavy atom. The van der Waals surface area contributed by atoms with Crippen LogP contribution in [0.2, 0.25) is 0 Å². The zero-order valence-corrected chi connectivity index (χ0v) is 13.6. The van der Waals surface area contributed by atoms with Crippen molar-refractivity contribution >= 4 is 6.03 Å². The third kappa shape index (κ3) is 4.69. The Hall–Kier alpha value is -1.63. The van der Waals surface area contributed by atoms with Gasteiger partial charge in [-0.15, -0.1) is 0 Å². The number of carbonyl (C=O) groups is 1. The molecule has 0 spiro atoms. The van der Waals surface area contributed by atoms with E-state index in [9.17, 15) is 4.79 Å². The van der Waals surface area contributed by atoms with E-state index >= 15 is 0 Å². The van der Waals surface area contributed by atoms with E-state index in [4.69, 9.17) is 9.63 Å². The molecule has 1 aliphatic carbocycles. The van der Waals surface area contributed by atoms with E-state index in [1.54, 1.807) is 0 Å². The maximum absolute atomic E-state index is 11.9. The van der Waals surface area contributed by atoms with Crippen molar-refractivity contribution in [3.8, 4) is 0 Å². The molecule has 0 bridgehead atoms. The second kappa shape index (κ2) is 7.09. The Labute approximate surface area is 130 Å². The topological polar surface area (TPSA) is 100 Å². The molecular formula is C15H26N4O3. The van der Waals surface area contributed by atoms with E-state index in [0.717, 1.165) is 25.7 Å². The molecule has 1 fully saturated rings. The first kappa shape index (κ1) is 16.7. The van der Waals surface area contributed by atoms with E-state index in [-0.39, 0.29) is 30.6 Å². The molecule has 1 aromatic rings. The first-order valence-electron chi connectivity index (χ1n) is 7.86. The van der Waals surface area contributed by atoms with Crippen molar-refractivity contribution in [2.75, 3.05) is 6.61 Å². The maximum atomic E-state index is 11.9. The Balaban J connectivity index is 1.73. The number of urea groups is 1. The molecule has 0 aliphatic heterocycles. The van der Waals surface area contributed by atoms with Gasteiger partial charge in [0.25, 0.3) is 0 Å². The van der Waals surface area contributed by atoms with Gasteiger partial charge in [0.15, 0.2) is 5.82 Å². The van der Waals surface area contributed by atoms with Crippen LogP contribution in [0.1, 0.15) is 58.2 Å². The number of rotatable bonds is 4. The SMILES string of the molecule is CC(C)(C)c1nc(CNC(=O)NC2CCC(CO)CC2)no1. The molecule has 0 aromatic carbocycles. The van der Waals surface area contributed by atoms with Gasteiger partial charge in [-0.3, -0.25) is 0 Å². The van der Waals surface area contributed by atoms with Gasteiger partial charge in [-0.25, -0.2) is 4.79 Å². The van der Waals surface area contributed by atoms with Gasteiger partial charge in [-0.1, -0.05) is 25.9 Å². The zero-order valence-electron chi connectivity index (χ0n) is 13.6. The molecule has 0 atom stereocenters. The second-order valence-corrected chi connectivity index (χ2v) is 6.99. The lowest BCUT2D eigenvalue weighted by atomic mass is 9.87. The number of aromatic nitrogens is 2. The van der Waals surface area contributed by atoms with Crippen molar-refractivity contribution < 1.29 is 14.4 Å². The number of hydrogen-bond acceptors (Lipinski definition) is 5. The van der Waals surface area contributed by atoms with Gasteiger partial charge in [-0.05, 0) is 31.6 Å². The standard InChI is InChI=1S/C15H26N4O3/c1-15(2,3)13-18-12(19-22-13)8-16-14(21)17-11-6-4-10(9-20)5-7-11/h10-11,20H,4-9H2,1-3H3,(H2,16,17,21). The highest BCUT2D eigenvalue weighted by Gasteiger charge is 2.23. The fraction of sp³-hybridized carbons (Fsp3) is 0.800. The normalized spacial score (nSPS) is 22.4. The summed E-state index contributed by atoms with van der Waals surface area (Å²) < 4.78 is 5.18. The lowest BCUT2D eigenvalue weighted by molar-refractivity contribution is 0.174. The number of carbonyl (C=O) groups excluding carboxylic acids is 1. The number of nitrogens with one attached hydrogen (secondary N) is 2. The summed E-state index contributed by atoms with van der Waals surface area (Å²) in [7, 11) is 0. The van der Waals surface area contributed by atoms with Crippen molar-refractivity contribution in [2.24, 2.45) is 5.92 Å². The van der Waals surface area contributed by atoms with Crippen LogP contribution >= 0.6 is 0 Å². The van der Waals surface area contributed by atoms with Crippen LogP contribution in [0, 0.1) is 5.92 Å². The van der Waals surface area contributed by atoms with Crippen molar-refractivity contribution in [1.29, 1.82) is 0 Å². The van der Waals surface area contributed by atoms with Gasteiger partial charge in [0, 0.05) is 18.1 Å². The summed E-state index contributed by atoms with van der Waals surface area (Å²) in [6.07, 6.45) is 3.74. The van der Waals surface area contributed by atoms with Crippen molar-refractivity contribution in [3.05, 3.63) is 11.7 Å². The number of amides is 2. The van der Waals surface area contributed by atoms with Gasteiger partial charge in [0.2, 0.25) is 5.89 Å². The molecule has 2 rings (SSSR count). The summed E-state index contributed by atoms with van der Waals surface area (Å²) >= 11 is 0. The Morgan fingerprint density at radius 3 is 2.55 bits per heavy atom. The van der Waals surface area contributed by atoms with Gasteiger partial charge in [0.1, 0.15) is 0 Å². The second-order valence-electron chi connectivity index (χ2n) is 6.99. The molecule has 1 saturated carbocycles. The highest BCUT2D eigenvalue weighted by atomic mass is 16.5. The van der Waals surface area contributed by atoms with E-state index in [1.807, 2.05) is 20.8 Å². The smallest absolute Gasteiger partial charge is 0.315 e. The van der Waals surface area contributed by atoms with Crippen LogP contribution in [-0.2, 0) is 12.0 Å². The van der Waals surface area contributed by atoms with E-state index < -0.39 is 0 Å². The summed E-state index contributed by atoms with van der Waals surface area (Å²) in [5, 5.41) is 18.7. The quantitative estimate of drug-likeness (QED) is 0.786. The monoisotopic (exact) mass is 310 g/mol. The third-order valence-corrected chi connectivity index (χ3v) is 3.96. The Kier molecular flexibility index (Phi) is 5.39. The zero-order chi connectivity index (χ0) is 16.2. The third-order valence-electron chi connectivity index (χ3n) is 3.96. The summed E-state index contributed by atoms with van der Waals surface area (Å²) in [5.41, 5.74) is -0.196. The molecule has 1 aromatic heterocycles. The minimum Gasteiger partial charge on any atom is -0.396 e. The average molecular weight is 310 g/mol.